The molecule has 1 aromatic carbocycles. The van der Waals surface area contributed by atoms with E-state index in [1.807, 2.05) is 30.3 Å². The lowest BCUT2D eigenvalue weighted by Crippen LogP contribution is -2.32. The molecule has 1 amide bonds. The minimum atomic E-state index is -0.227. The van der Waals surface area contributed by atoms with Crippen molar-refractivity contribution in [2.75, 3.05) is 13.2 Å². The summed E-state index contributed by atoms with van der Waals surface area (Å²) in [4.78, 5) is 13.9. The van der Waals surface area contributed by atoms with Crippen LogP contribution in [0.2, 0.25) is 0 Å². The third-order valence-electron chi connectivity index (χ3n) is 3.67. The molecule has 3 nitrogen and oxygen atoms in total. The van der Waals surface area contributed by atoms with Crippen LogP contribution in [0.3, 0.4) is 0 Å². The van der Waals surface area contributed by atoms with Crippen molar-refractivity contribution in [2.45, 2.75) is 58.4 Å². The fourth-order valence-corrected chi connectivity index (χ4v) is 2.42. The molecule has 0 N–H and O–H groups in total. The number of rotatable bonds is 11. The molecule has 21 heavy (non-hydrogen) atoms. The molecule has 117 valence electrons. The quantitative estimate of drug-likeness (QED) is 0.563. The number of nitrogens with zero attached hydrogens (tertiary/aromatic N) is 1. The number of benzene rings is 1. The first-order chi connectivity index (χ1) is 10.3. The molecule has 0 aliphatic carbocycles. The molecule has 0 fully saturated rings. The van der Waals surface area contributed by atoms with Crippen LogP contribution in [0.1, 0.15) is 57.4 Å². The van der Waals surface area contributed by atoms with Gasteiger partial charge < -0.3 is 4.90 Å². The Morgan fingerprint density at radius 1 is 1.00 bits per heavy atom. The zero-order valence-electron chi connectivity index (χ0n) is 13.2. The Morgan fingerprint density at radius 2 is 1.67 bits per heavy atom. The lowest BCUT2D eigenvalue weighted by molar-refractivity contribution is -0.132. The van der Waals surface area contributed by atoms with Gasteiger partial charge in [-0.1, -0.05) is 69.4 Å². The summed E-state index contributed by atoms with van der Waals surface area (Å²) in [5.74, 6) is 0.116. The number of unbranched alkanes of at least 4 members (excludes halogenated alkanes) is 5. The second-order valence-electron chi connectivity index (χ2n) is 5.52. The van der Waals surface area contributed by atoms with Crippen LogP contribution in [-0.2, 0) is 16.4 Å². The molecule has 0 unspecified atom stereocenters. The van der Waals surface area contributed by atoms with E-state index in [1.165, 1.54) is 25.7 Å². The van der Waals surface area contributed by atoms with Gasteiger partial charge in [0.15, 0.2) is 0 Å². The van der Waals surface area contributed by atoms with Crippen LogP contribution in [-0.4, -0.2) is 24.0 Å². The van der Waals surface area contributed by atoms with Crippen molar-refractivity contribution in [3.63, 3.8) is 0 Å². The molecule has 0 heterocycles. The maximum Gasteiger partial charge on any atom is 0.222 e. The van der Waals surface area contributed by atoms with Gasteiger partial charge in [0.2, 0.25) is 5.91 Å². The molecule has 1 rings (SSSR count). The Balaban J connectivity index is 2.32. The zero-order valence-corrected chi connectivity index (χ0v) is 13.2. The second-order valence-corrected chi connectivity index (χ2v) is 5.52. The van der Waals surface area contributed by atoms with Gasteiger partial charge in [-0.3, -0.25) is 4.79 Å². The van der Waals surface area contributed by atoms with Gasteiger partial charge in [-0.15, -0.1) is 0 Å². The summed E-state index contributed by atoms with van der Waals surface area (Å²) in [7, 11) is 0. The molecule has 1 radical (unpaired) electrons. The number of hydrogen-bond acceptors (Lipinski definition) is 1. The molecule has 0 saturated heterocycles. The van der Waals surface area contributed by atoms with Crippen molar-refractivity contribution in [3.05, 3.63) is 35.9 Å². The smallest absolute Gasteiger partial charge is 0.222 e. The molecular formula is C18H28NO2. The average Bonchev–Trinajstić information content (AvgIpc) is 2.51. The fraction of sp³-hybridized carbons (Fsp3) is 0.611. The third kappa shape index (κ3) is 7.86. The predicted molar refractivity (Wildman–Crippen MR) is 85.4 cm³/mol. The Bertz CT molecular complexity index is 378. The number of amides is 1. The topological polar surface area (TPSA) is 40.2 Å². The molecule has 0 saturated carbocycles. The number of hydrogen-bond donors (Lipinski definition) is 0. The van der Waals surface area contributed by atoms with E-state index in [2.05, 4.69) is 6.92 Å². The second kappa shape index (κ2) is 11.3. The van der Waals surface area contributed by atoms with Crippen molar-refractivity contribution in [1.82, 2.24) is 4.90 Å². The Hall–Kier alpha value is -1.35. The normalized spacial score (nSPS) is 10.6. The van der Waals surface area contributed by atoms with Gasteiger partial charge in [0.05, 0.1) is 6.61 Å². The van der Waals surface area contributed by atoms with Crippen LogP contribution in [0.15, 0.2) is 30.3 Å². The highest BCUT2D eigenvalue weighted by atomic mass is 16.3. The van der Waals surface area contributed by atoms with Crippen LogP contribution in [0.4, 0.5) is 0 Å². The van der Waals surface area contributed by atoms with E-state index >= 15 is 0 Å². The summed E-state index contributed by atoms with van der Waals surface area (Å²) in [6.07, 6.45) is 7.62. The molecule has 0 aromatic heterocycles. The standard InChI is InChI=1S/C18H28NO2/c1-2-3-4-5-6-10-13-18(21)19(14-15-20)16-17-11-8-7-9-12-17/h7-9,11-12H,2-6,10,13-16H2,1H3. The van der Waals surface area contributed by atoms with E-state index in [-0.39, 0.29) is 12.5 Å². The lowest BCUT2D eigenvalue weighted by atomic mass is 10.1. The average molecular weight is 290 g/mol. The van der Waals surface area contributed by atoms with Crippen molar-refractivity contribution >= 4 is 5.91 Å². The predicted octanol–water partition coefficient (Wildman–Crippen LogP) is 4.20. The molecule has 0 aliphatic heterocycles. The first kappa shape index (κ1) is 17.7. The molecular weight excluding hydrogens is 262 g/mol. The maximum absolute atomic E-state index is 12.2. The first-order valence-corrected chi connectivity index (χ1v) is 8.17. The zero-order chi connectivity index (χ0) is 15.3. The van der Waals surface area contributed by atoms with Gasteiger partial charge in [0.25, 0.3) is 0 Å². The first-order valence-electron chi connectivity index (χ1n) is 8.17. The van der Waals surface area contributed by atoms with E-state index in [9.17, 15) is 9.90 Å². The highest BCUT2D eigenvalue weighted by Gasteiger charge is 2.13. The minimum absolute atomic E-state index is 0.116. The minimum Gasteiger partial charge on any atom is -0.336 e. The van der Waals surface area contributed by atoms with Crippen LogP contribution in [0, 0.1) is 0 Å². The van der Waals surface area contributed by atoms with Crippen molar-refractivity contribution in [3.8, 4) is 0 Å². The van der Waals surface area contributed by atoms with Crippen molar-refractivity contribution < 1.29 is 9.90 Å². The Kier molecular flexibility index (Phi) is 9.55. The third-order valence-corrected chi connectivity index (χ3v) is 3.67. The molecule has 3 heteroatoms. The van der Waals surface area contributed by atoms with Crippen LogP contribution in [0.5, 0.6) is 0 Å². The van der Waals surface area contributed by atoms with Crippen LogP contribution in [0.25, 0.3) is 0 Å². The van der Waals surface area contributed by atoms with E-state index < -0.39 is 0 Å². The summed E-state index contributed by atoms with van der Waals surface area (Å²) >= 11 is 0. The maximum atomic E-state index is 12.2. The Labute approximate surface area is 129 Å². The molecule has 0 atom stereocenters. The highest BCUT2D eigenvalue weighted by molar-refractivity contribution is 5.76. The van der Waals surface area contributed by atoms with E-state index in [4.69, 9.17) is 0 Å². The molecule has 0 aliphatic rings. The summed E-state index contributed by atoms with van der Waals surface area (Å²) in [6.45, 7) is 2.84. The lowest BCUT2D eigenvalue weighted by Gasteiger charge is -2.21. The van der Waals surface area contributed by atoms with Gasteiger partial charge in [0, 0.05) is 19.5 Å². The largest absolute Gasteiger partial charge is 0.336 e. The highest BCUT2D eigenvalue weighted by Crippen LogP contribution is 2.10. The van der Waals surface area contributed by atoms with Crippen molar-refractivity contribution in [1.29, 1.82) is 0 Å². The Morgan fingerprint density at radius 3 is 2.33 bits per heavy atom. The summed E-state index contributed by atoms with van der Waals surface area (Å²) in [5, 5.41) is 10.9. The SMILES string of the molecule is CCCCCCCCC(=O)N(CC[O])Cc1ccccc1. The molecule has 0 bridgehead atoms. The number of carbonyl (C=O) groups excluding carboxylic acids is 1. The van der Waals surface area contributed by atoms with Crippen molar-refractivity contribution in [2.24, 2.45) is 0 Å². The summed E-state index contributed by atoms with van der Waals surface area (Å²) < 4.78 is 0. The number of carbonyl (C=O) groups is 1. The van der Waals surface area contributed by atoms with Gasteiger partial charge in [-0.25, -0.2) is 5.11 Å². The summed E-state index contributed by atoms with van der Waals surface area (Å²) in [6, 6.07) is 9.87. The van der Waals surface area contributed by atoms with E-state index in [0.717, 1.165) is 18.4 Å². The van der Waals surface area contributed by atoms with Gasteiger partial charge >= 0.3 is 0 Å². The van der Waals surface area contributed by atoms with Gasteiger partial charge in [0.1, 0.15) is 0 Å². The van der Waals surface area contributed by atoms with Gasteiger partial charge in [-0.05, 0) is 12.0 Å². The van der Waals surface area contributed by atoms with Crippen LogP contribution >= 0.6 is 0 Å². The van der Waals surface area contributed by atoms with Gasteiger partial charge in [-0.2, -0.15) is 0 Å². The fourth-order valence-electron chi connectivity index (χ4n) is 2.42. The molecule has 1 aromatic rings. The monoisotopic (exact) mass is 290 g/mol. The summed E-state index contributed by atoms with van der Waals surface area (Å²) in [5.41, 5.74) is 1.09. The van der Waals surface area contributed by atoms with E-state index in [0.29, 0.717) is 19.5 Å². The van der Waals surface area contributed by atoms with E-state index in [1.54, 1.807) is 4.90 Å². The molecule has 0 spiro atoms. The van der Waals surface area contributed by atoms with Crippen LogP contribution < -0.4 is 0 Å².